The van der Waals surface area contributed by atoms with Crippen LogP contribution in [-0.4, -0.2) is 22.1 Å². The predicted molar refractivity (Wildman–Crippen MR) is 72.7 cm³/mol. The summed E-state index contributed by atoms with van der Waals surface area (Å²) in [5.41, 5.74) is -0.893. The molecule has 102 valence electrons. The lowest BCUT2D eigenvalue weighted by molar-refractivity contribution is 0.0886. The predicted octanol–water partition coefficient (Wildman–Crippen LogP) is 4.12. The molecular formula is C14H29NO2. The van der Waals surface area contributed by atoms with Crippen molar-refractivity contribution in [3.8, 4) is 0 Å². The van der Waals surface area contributed by atoms with Crippen LogP contribution in [-0.2, 0) is 0 Å². The SMILES string of the molecule is CCCCCCCCC(O)(C=NO)CCCC. The van der Waals surface area contributed by atoms with Crippen LogP contribution in [0.5, 0.6) is 0 Å². The molecule has 0 aliphatic carbocycles. The molecule has 0 saturated heterocycles. The van der Waals surface area contributed by atoms with Gasteiger partial charge in [-0.25, -0.2) is 0 Å². The van der Waals surface area contributed by atoms with Gasteiger partial charge in [-0.2, -0.15) is 0 Å². The third kappa shape index (κ3) is 9.16. The fraction of sp³-hybridized carbons (Fsp3) is 0.929. The van der Waals surface area contributed by atoms with Crippen molar-refractivity contribution >= 4 is 6.21 Å². The number of aliphatic hydroxyl groups is 1. The van der Waals surface area contributed by atoms with Gasteiger partial charge < -0.3 is 10.3 Å². The van der Waals surface area contributed by atoms with Gasteiger partial charge in [-0.3, -0.25) is 0 Å². The first-order chi connectivity index (χ1) is 8.18. The molecule has 0 heterocycles. The summed E-state index contributed by atoms with van der Waals surface area (Å²) >= 11 is 0. The van der Waals surface area contributed by atoms with Crippen molar-refractivity contribution in [2.24, 2.45) is 5.16 Å². The number of oxime groups is 1. The molecule has 1 atom stereocenters. The minimum Gasteiger partial charge on any atom is -0.411 e. The number of nitrogens with zero attached hydrogens (tertiary/aromatic N) is 1. The molecule has 1 unspecified atom stereocenters. The molecule has 0 saturated carbocycles. The van der Waals surface area contributed by atoms with Crippen molar-refractivity contribution < 1.29 is 10.3 Å². The molecule has 0 fully saturated rings. The van der Waals surface area contributed by atoms with Crippen molar-refractivity contribution in [1.82, 2.24) is 0 Å². The summed E-state index contributed by atoms with van der Waals surface area (Å²) in [6, 6.07) is 0. The summed E-state index contributed by atoms with van der Waals surface area (Å²) in [6.45, 7) is 4.31. The Morgan fingerprint density at radius 3 is 2.00 bits per heavy atom. The second-order valence-corrected chi connectivity index (χ2v) is 4.97. The second kappa shape index (κ2) is 10.6. The standard InChI is InChI=1S/C14H29NO2/c1-3-5-7-8-9-10-12-14(16,13-15-17)11-6-4-2/h13,16-17H,3-12H2,1-2H3. The van der Waals surface area contributed by atoms with Crippen LogP contribution >= 0.6 is 0 Å². The van der Waals surface area contributed by atoms with Crippen LogP contribution in [0.15, 0.2) is 5.16 Å². The van der Waals surface area contributed by atoms with Gasteiger partial charge in [0.25, 0.3) is 0 Å². The monoisotopic (exact) mass is 243 g/mol. The Morgan fingerprint density at radius 2 is 1.41 bits per heavy atom. The topological polar surface area (TPSA) is 52.8 Å². The smallest absolute Gasteiger partial charge is 0.103 e. The van der Waals surface area contributed by atoms with E-state index in [2.05, 4.69) is 19.0 Å². The summed E-state index contributed by atoms with van der Waals surface area (Å²) in [5.74, 6) is 0. The molecule has 0 spiro atoms. The molecular weight excluding hydrogens is 214 g/mol. The lowest BCUT2D eigenvalue weighted by Crippen LogP contribution is -2.30. The Morgan fingerprint density at radius 1 is 0.882 bits per heavy atom. The molecule has 3 nitrogen and oxygen atoms in total. The van der Waals surface area contributed by atoms with Crippen molar-refractivity contribution in [1.29, 1.82) is 0 Å². The first-order valence-electron chi connectivity index (χ1n) is 7.09. The van der Waals surface area contributed by atoms with Gasteiger partial charge in [0.1, 0.15) is 5.60 Å². The molecule has 2 N–H and O–H groups in total. The fourth-order valence-electron chi connectivity index (χ4n) is 2.06. The largest absolute Gasteiger partial charge is 0.411 e. The summed E-state index contributed by atoms with van der Waals surface area (Å²) in [6.07, 6.45) is 12.0. The third-order valence-electron chi connectivity index (χ3n) is 3.22. The van der Waals surface area contributed by atoms with E-state index in [1.807, 2.05) is 0 Å². The van der Waals surface area contributed by atoms with Crippen molar-refractivity contribution in [3.63, 3.8) is 0 Å². The maximum absolute atomic E-state index is 10.2. The zero-order valence-electron chi connectivity index (χ0n) is 11.5. The molecule has 0 amide bonds. The van der Waals surface area contributed by atoms with Gasteiger partial charge in [0, 0.05) is 0 Å². The van der Waals surface area contributed by atoms with Crippen LogP contribution in [0.2, 0.25) is 0 Å². The molecule has 0 radical (unpaired) electrons. The highest BCUT2D eigenvalue weighted by Crippen LogP contribution is 2.20. The van der Waals surface area contributed by atoms with E-state index in [0.29, 0.717) is 12.8 Å². The van der Waals surface area contributed by atoms with Crippen LogP contribution in [0.3, 0.4) is 0 Å². The zero-order chi connectivity index (χ0) is 13.0. The molecule has 3 heteroatoms. The van der Waals surface area contributed by atoms with E-state index >= 15 is 0 Å². The summed E-state index contributed by atoms with van der Waals surface area (Å²) in [5, 5.41) is 21.8. The lowest BCUT2D eigenvalue weighted by Gasteiger charge is -2.22. The summed E-state index contributed by atoms with van der Waals surface area (Å²) < 4.78 is 0. The van der Waals surface area contributed by atoms with E-state index in [1.54, 1.807) is 0 Å². The van der Waals surface area contributed by atoms with E-state index in [1.165, 1.54) is 31.9 Å². The van der Waals surface area contributed by atoms with E-state index in [4.69, 9.17) is 5.21 Å². The third-order valence-corrected chi connectivity index (χ3v) is 3.22. The van der Waals surface area contributed by atoms with Gasteiger partial charge >= 0.3 is 0 Å². The van der Waals surface area contributed by atoms with Crippen LogP contribution in [0.25, 0.3) is 0 Å². The lowest BCUT2D eigenvalue weighted by atomic mass is 9.91. The average Bonchev–Trinajstić information content (AvgIpc) is 2.32. The highest BCUT2D eigenvalue weighted by atomic mass is 16.4. The van der Waals surface area contributed by atoms with E-state index in [0.717, 1.165) is 25.7 Å². The Balaban J connectivity index is 3.76. The van der Waals surface area contributed by atoms with Crippen LogP contribution in [0, 0.1) is 0 Å². The molecule has 0 aliphatic heterocycles. The fourth-order valence-corrected chi connectivity index (χ4v) is 2.06. The van der Waals surface area contributed by atoms with Crippen molar-refractivity contribution in [2.45, 2.75) is 83.7 Å². The number of unbranched alkanes of at least 4 members (excludes halogenated alkanes) is 6. The highest BCUT2D eigenvalue weighted by molar-refractivity contribution is 5.67. The molecule has 17 heavy (non-hydrogen) atoms. The van der Waals surface area contributed by atoms with Crippen LogP contribution in [0.1, 0.15) is 78.1 Å². The van der Waals surface area contributed by atoms with Gasteiger partial charge in [0.05, 0.1) is 6.21 Å². The van der Waals surface area contributed by atoms with E-state index < -0.39 is 5.60 Å². The molecule has 0 aliphatic rings. The quantitative estimate of drug-likeness (QED) is 0.248. The van der Waals surface area contributed by atoms with E-state index in [9.17, 15) is 5.11 Å². The molecule has 0 aromatic rings. The Labute approximate surface area is 106 Å². The first-order valence-corrected chi connectivity index (χ1v) is 7.09. The number of hydrogen-bond acceptors (Lipinski definition) is 3. The van der Waals surface area contributed by atoms with Crippen LogP contribution in [0.4, 0.5) is 0 Å². The minimum atomic E-state index is -0.893. The normalized spacial score (nSPS) is 15.2. The Bertz CT molecular complexity index is 195. The number of hydrogen-bond donors (Lipinski definition) is 2. The van der Waals surface area contributed by atoms with Crippen molar-refractivity contribution in [3.05, 3.63) is 0 Å². The number of rotatable bonds is 11. The second-order valence-electron chi connectivity index (χ2n) is 4.97. The maximum atomic E-state index is 10.2. The van der Waals surface area contributed by atoms with Gasteiger partial charge in [-0.15, -0.1) is 0 Å². The average molecular weight is 243 g/mol. The highest BCUT2D eigenvalue weighted by Gasteiger charge is 2.23. The van der Waals surface area contributed by atoms with E-state index in [-0.39, 0.29) is 0 Å². The van der Waals surface area contributed by atoms with Crippen molar-refractivity contribution in [2.75, 3.05) is 0 Å². The summed E-state index contributed by atoms with van der Waals surface area (Å²) in [4.78, 5) is 0. The Kier molecular flexibility index (Phi) is 10.2. The molecule has 0 rings (SSSR count). The first kappa shape index (κ1) is 16.4. The molecule has 0 bridgehead atoms. The maximum Gasteiger partial charge on any atom is 0.103 e. The Hall–Kier alpha value is -0.570. The van der Waals surface area contributed by atoms with Gasteiger partial charge in [0.2, 0.25) is 0 Å². The van der Waals surface area contributed by atoms with Gasteiger partial charge in [0.15, 0.2) is 0 Å². The zero-order valence-corrected chi connectivity index (χ0v) is 11.5. The molecule has 0 aromatic heterocycles. The summed E-state index contributed by atoms with van der Waals surface area (Å²) in [7, 11) is 0. The van der Waals surface area contributed by atoms with Crippen LogP contribution < -0.4 is 0 Å². The van der Waals surface area contributed by atoms with Gasteiger partial charge in [-0.05, 0) is 12.8 Å². The van der Waals surface area contributed by atoms with Gasteiger partial charge in [-0.1, -0.05) is 70.4 Å². The molecule has 0 aromatic carbocycles. The minimum absolute atomic E-state index is 0.697.